The number of aromatic amines is 1. The smallest absolute Gasteiger partial charge is 0.107 e. The Bertz CT molecular complexity index is 879. The number of nitrogens with one attached hydrogen (secondary N) is 1. The van der Waals surface area contributed by atoms with Crippen molar-refractivity contribution < 1.29 is 0 Å². The zero-order valence-electron chi connectivity index (χ0n) is 15.2. The number of fused-ring (bicyclic) bond motifs is 1. The zero-order valence-corrected chi connectivity index (χ0v) is 16.0. The Morgan fingerprint density at radius 1 is 1.35 bits per heavy atom. The third kappa shape index (κ3) is 3.06. The maximum atomic E-state index is 4.44. The Hall–Kier alpha value is -1.76. The van der Waals surface area contributed by atoms with Gasteiger partial charge in [-0.1, -0.05) is 12.1 Å². The molecule has 3 heterocycles. The van der Waals surface area contributed by atoms with E-state index in [-0.39, 0.29) is 0 Å². The molecule has 5 nitrogen and oxygen atoms in total. The summed E-state index contributed by atoms with van der Waals surface area (Å²) in [5.41, 5.74) is 3.09. The van der Waals surface area contributed by atoms with Crippen LogP contribution in [0.5, 0.6) is 0 Å². The first-order valence-corrected chi connectivity index (χ1v) is 10.3. The molecular formula is C20H25N5S. The molecule has 1 saturated heterocycles. The SMILES string of the molecule is CN(Cc1nccs1)[C@@H]1CC12CCN(Cc1ccc3cn[nH]c3c1)CC2. The van der Waals surface area contributed by atoms with Crippen LogP contribution in [0.3, 0.4) is 0 Å². The van der Waals surface area contributed by atoms with Gasteiger partial charge in [-0.15, -0.1) is 11.3 Å². The van der Waals surface area contributed by atoms with Gasteiger partial charge in [0.1, 0.15) is 5.01 Å². The van der Waals surface area contributed by atoms with Crippen molar-refractivity contribution in [3.8, 4) is 0 Å². The average molecular weight is 368 g/mol. The van der Waals surface area contributed by atoms with Gasteiger partial charge in [0.05, 0.1) is 18.3 Å². The first kappa shape index (κ1) is 16.4. The second kappa shape index (κ2) is 6.44. The van der Waals surface area contributed by atoms with E-state index < -0.39 is 0 Å². The fourth-order valence-corrected chi connectivity index (χ4v) is 5.32. The summed E-state index contributed by atoms with van der Waals surface area (Å²) in [7, 11) is 2.27. The zero-order chi connectivity index (χ0) is 17.6. The average Bonchev–Trinajstić information content (AvgIpc) is 3.02. The van der Waals surface area contributed by atoms with Gasteiger partial charge in [-0.25, -0.2) is 4.98 Å². The second-order valence-corrected chi connectivity index (χ2v) is 8.97. The van der Waals surface area contributed by atoms with E-state index in [1.165, 1.54) is 48.3 Å². The molecule has 0 bridgehead atoms. The highest BCUT2D eigenvalue weighted by Gasteiger charge is 2.56. The molecule has 5 rings (SSSR count). The maximum Gasteiger partial charge on any atom is 0.107 e. The molecule has 1 aliphatic heterocycles. The van der Waals surface area contributed by atoms with Crippen LogP contribution < -0.4 is 0 Å². The Labute approximate surface area is 158 Å². The lowest BCUT2D eigenvalue weighted by Crippen LogP contribution is -2.37. The molecule has 3 aromatic rings. The monoisotopic (exact) mass is 367 g/mol. The minimum absolute atomic E-state index is 0.565. The first-order valence-electron chi connectivity index (χ1n) is 9.45. The number of rotatable bonds is 5. The van der Waals surface area contributed by atoms with Gasteiger partial charge in [-0.05, 0) is 56.4 Å². The standard InChI is InChI=1S/C20H25N5S/c1-24(14-19-21-6-9-26-19)18-11-20(18)4-7-25(8-5-20)13-15-2-3-16-12-22-23-17(16)10-15/h2-3,6,9-10,12,18H,4-5,7-8,11,13-14H2,1H3,(H,22,23)/t18-/m1/s1. The van der Waals surface area contributed by atoms with Crippen molar-refractivity contribution >= 4 is 22.2 Å². The predicted molar refractivity (Wildman–Crippen MR) is 105 cm³/mol. The molecule has 1 aromatic carbocycles. The van der Waals surface area contributed by atoms with E-state index in [0.717, 1.165) is 24.6 Å². The van der Waals surface area contributed by atoms with Crippen LogP contribution in [0.25, 0.3) is 10.9 Å². The number of piperidine rings is 1. The highest BCUT2D eigenvalue weighted by Crippen LogP contribution is 2.56. The third-order valence-electron chi connectivity index (χ3n) is 6.31. The molecule has 1 saturated carbocycles. The van der Waals surface area contributed by atoms with Gasteiger partial charge in [-0.3, -0.25) is 14.9 Å². The van der Waals surface area contributed by atoms with Gasteiger partial charge in [-0.2, -0.15) is 5.10 Å². The van der Waals surface area contributed by atoms with Crippen molar-refractivity contribution in [2.45, 2.75) is 38.4 Å². The number of benzene rings is 1. The van der Waals surface area contributed by atoms with Crippen LogP contribution >= 0.6 is 11.3 Å². The van der Waals surface area contributed by atoms with Crippen LogP contribution in [-0.4, -0.2) is 51.2 Å². The molecule has 136 valence electrons. The van der Waals surface area contributed by atoms with E-state index in [0.29, 0.717) is 5.41 Å². The van der Waals surface area contributed by atoms with Crippen molar-refractivity contribution in [3.63, 3.8) is 0 Å². The number of hydrogen-bond donors (Lipinski definition) is 1. The Kier molecular flexibility index (Phi) is 4.07. The molecule has 1 atom stereocenters. The third-order valence-corrected chi connectivity index (χ3v) is 7.08. The van der Waals surface area contributed by atoms with Crippen LogP contribution in [0, 0.1) is 5.41 Å². The van der Waals surface area contributed by atoms with E-state index in [1.807, 2.05) is 12.4 Å². The lowest BCUT2D eigenvalue weighted by Gasteiger charge is -2.34. The number of nitrogens with zero attached hydrogens (tertiary/aromatic N) is 4. The van der Waals surface area contributed by atoms with Crippen molar-refractivity contribution in [2.75, 3.05) is 20.1 Å². The van der Waals surface area contributed by atoms with E-state index in [1.54, 1.807) is 11.3 Å². The lowest BCUT2D eigenvalue weighted by atomic mass is 9.92. The molecule has 1 spiro atoms. The molecule has 2 fully saturated rings. The van der Waals surface area contributed by atoms with Crippen molar-refractivity contribution in [3.05, 3.63) is 46.5 Å². The Morgan fingerprint density at radius 2 is 2.23 bits per heavy atom. The fourth-order valence-electron chi connectivity index (χ4n) is 4.64. The molecular weight excluding hydrogens is 342 g/mol. The van der Waals surface area contributed by atoms with Gasteiger partial charge in [0.25, 0.3) is 0 Å². The van der Waals surface area contributed by atoms with E-state index in [4.69, 9.17) is 0 Å². The van der Waals surface area contributed by atoms with Gasteiger partial charge < -0.3 is 0 Å². The largest absolute Gasteiger partial charge is 0.299 e. The molecule has 0 radical (unpaired) electrons. The quantitative estimate of drug-likeness (QED) is 0.750. The number of aromatic nitrogens is 3. The van der Waals surface area contributed by atoms with E-state index >= 15 is 0 Å². The molecule has 1 N–H and O–H groups in total. The van der Waals surface area contributed by atoms with Crippen molar-refractivity contribution in [1.29, 1.82) is 0 Å². The van der Waals surface area contributed by atoms with Crippen LogP contribution in [-0.2, 0) is 13.1 Å². The minimum Gasteiger partial charge on any atom is -0.299 e. The number of thiazole rings is 1. The van der Waals surface area contributed by atoms with Crippen LogP contribution in [0.15, 0.2) is 36.0 Å². The maximum absolute atomic E-state index is 4.44. The number of H-pyrrole nitrogens is 1. The van der Waals surface area contributed by atoms with Crippen LogP contribution in [0.2, 0.25) is 0 Å². The molecule has 0 unspecified atom stereocenters. The molecule has 2 aliphatic rings. The van der Waals surface area contributed by atoms with Crippen molar-refractivity contribution in [2.24, 2.45) is 5.41 Å². The lowest BCUT2D eigenvalue weighted by molar-refractivity contribution is 0.139. The Balaban J connectivity index is 1.16. The summed E-state index contributed by atoms with van der Waals surface area (Å²) in [5.74, 6) is 0. The fraction of sp³-hybridized carbons (Fsp3) is 0.500. The van der Waals surface area contributed by atoms with Gasteiger partial charge >= 0.3 is 0 Å². The van der Waals surface area contributed by atoms with Gasteiger partial charge in [0.15, 0.2) is 0 Å². The summed E-state index contributed by atoms with van der Waals surface area (Å²) in [6.45, 7) is 4.47. The molecule has 26 heavy (non-hydrogen) atoms. The second-order valence-electron chi connectivity index (χ2n) is 7.99. The topological polar surface area (TPSA) is 48.1 Å². The summed E-state index contributed by atoms with van der Waals surface area (Å²) in [4.78, 5) is 9.58. The van der Waals surface area contributed by atoms with E-state index in [9.17, 15) is 0 Å². The predicted octanol–water partition coefficient (Wildman–Crippen LogP) is 3.51. The molecule has 2 aromatic heterocycles. The van der Waals surface area contributed by atoms with E-state index in [2.05, 4.69) is 55.6 Å². The summed E-state index contributed by atoms with van der Waals surface area (Å²) >= 11 is 1.77. The van der Waals surface area contributed by atoms with Crippen molar-refractivity contribution in [1.82, 2.24) is 25.0 Å². The summed E-state index contributed by atoms with van der Waals surface area (Å²) in [5, 5.41) is 11.7. The first-order chi connectivity index (χ1) is 12.7. The van der Waals surface area contributed by atoms with Gasteiger partial charge in [0.2, 0.25) is 0 Å². The summed E-state index contributed by atoms with van der Waals surface area (Å²) < 4.78 is 0. The highest BCUT2D eigenvalue weighted by molar-refractivity contribution is 7.09. The summed E-state index contributed by atoms with van der Waals surface area (Å²) in [6, 6.07) is 7.40. The highest BCUT2D eigenvalue weighted by atomic mass is 32.1. The van der Waals surface area contributed by atoms with Crippen LogP contribution in [0.1, 0.15) is 29.8 Å². The molecule has 6 heteroatoms. The Morgan fingerprint density at radius 3 is 3.04 bits per heavy atom. The van der Waals surface area contributed by atoms with Gasteiger partial charge in [0, 0.05) is 29.5 Å². The molecule has 0 amide bonds. The normalized spacial score (nSPS) is 22.5. The summed E-state index contributed by atoms with van der Waals surface area (Å²) in [6.07, 6.45) is 7.82. The van der Waals surface area contributed by atoms with Crippen LogP contribution in [0.4, 0.5) is 0 Å². The number of likely N-dealkylation sites (tertiary alicyclic amines) is 1. The minimum atomic E-state index is 0.565. The molecule has 1 aliphatic carbocycles. The number of hydrogen-bond acceptors (Lipinski definition) is 5.